The molecule has 0 radical (unpaired) electrons. The summed E-state index contributed by atoms with van der Waals surface area (Å²) in [7, 11) is 0. The fourth-order valence-corrected chi connectivity index (χ4v) is 2.42. The number of carbonyl (C=O) groups is 1. The zero-order valence-corrected chi connectivity index (χ0v) is 12.2. The van der Waals surface area contributed by atoms with E-state index in [-0.39, 0.29) is 11.3 Å². The van der Waals surface area contributed by atoms with E-state index in [9.17, 15) is 9.18 Å². The van der Waals surface area contributed by atoms with E-state index in [0.29, 0.717) is 11.3 Å². The molecule has 0 atom stereocenters. The third kappa shape index (κ3) is 2.31. The number of hydrogen-bond donors (Lipinski definition) is 1. The predicted molar refractivity (Wildman–Crippen MR) is 79.6 cm³/mol. The molecule has 104 valence electrons. The van der Waals surface area contributed by atoms with Gasteiger partial charge in [-0.2, -0.15) is 0 Å². The molecule has 0 saturated heterocycles. The largest absolute Gasteiger partial charge is 0.398 e. The van der Waals surface area contributed by atoms with Gasteiger partial charge in [0, 0.05) is 16.8 Å². The highest BCUT2D eigenvalue weighted by Gasteiger charge is 2.19. The second-order valence-electron chi connectivity index (χ2n) is 5.20. The van der Waals surface area contributed by atoms with E-state index in [1.807, 2.05) is 27.7 Å². The van der Waals surface area contributed by atoms with Crippen LogP contribution >= 0.6 is 0 Å². The van der Waals surface area contributed by atoms with Crippen LogP contribution in [-0.4, -0.2) is 5.78 Å². The summed E-state index contributed by atoms with van der Waals surface area (Å²) in [5.74, 6) is -0.675. The average Bonchev–Trinajstić information content (AvgIpc) is 2.39. The number of rotatable bonds is 2. The fraction of sp³-hybridized carbons (Fsp3) is 0.235. The lowest BCUT2D eigenvalue weighted by Gasteiger charge is -2.15. The molecule has 0 amide bonds. The Morgan fingerprint density at radius 3 is 2.10 bits per heavy atom. The number of hydrogen-bond acceptors (Lipinski definition) is 2. The van der Waals surface area contributed by atoms with E-state index in [0.717, 1.165) is 22.3 Å². The van der Waals surface area contributed by atoms with Crippen molar-refractivity contribution < 1.29 is 9.18 Å². The molecule has 2 aromatic carbocycles. The van der Waals surface area contributed by atoms with Crippen LogP contribution in [0.1, 0.15) is 38.2 Å². The lowest BCUT2D eigenvalue weighted by atomic mass is 9.89. The van der Waals surface area contributed by atoms with Crippen LogP contribution in [0.5, 0.6) is 0 Å². The number of nitrogens with two attached hydrogens (primary N) is 1. The first-order valence-corrected chi connectivity index (χ1v) is 6.50. The number of nitrogen functional groups attached to an aromatic ring is 1. The summed E-state index contributed by atoms with van der Waals surface area (Å²) in [5, 5.41) is 0. The Kier molecular flexibility index (Phi) is 3.62. The third-order valence-corrected chi connectivity index (χ3v) is 3.85. The summed E-state index contributed by atoms with van der Waals surface area (Å²) in [6.45, 7) is 7.75. The first-order valence-electron chi connectivity index (χ1n) is 6.50. The van der Waals surface area contributed by atoms with Gasteiger partial charge in [0.25, 0.3) is 0 Å². The number of ketones is 1. The van der Waals surface area contributed by atoms with Crippen LogP contribution in [-0.2, 0) is 0 Å². The van der Waals surface area contributed by atoms with Gasteiger partial charge in [-0.3, -0.25) is 4.79 Å². The van der Waals surface area contributed by atoms with Crippen LogP contribution in [0, 0.1) is 33.5 Å². The molecule has 0 aliphatic carbocycles. The summed E-state index contributed by atoms with van der Waals surface area (Å²) in [6, 6.07) is 5.94. The average molecular weight is 271 g/mol. The van der Waals surface area contributed by atoms with Crippen molar-refractivity contribution >= 4 is 11.5 Å². The van der Waals surface area contributed by atoms with Gasteiger partial charge in [0.15, 0.2) is 5.78 Å². The van der Waals surface area contributed by atoms with Crippen molar-refractivity contribution in [3.8, 4) is 0 Å². The van der Waals surface area contributed by atoms with Crippen LogP contribution in [0.25, 0.3) is 0 Å². The van der Waals surface area contributed by atoms with Gasteiger partial charge in [-0.15, -0.1) is 0 Å². The molecule has 0 bridgehead atoms. The van der Waals surface area contributed by atoms with Gasteiger partial charge in [-0.1, -0.05) is 6.07 Å². The Balaban J connectivity index is 2.68. The maximum absolute atomic E-state index is 13.4. The van der Waals surface area contributed by atoms with Gasteiger partial charge < -0.3 is 5.73 Å². The first kappa shape index (κ1) is 14.3. The highest BCUT2D eigenvalue weighted by molar-refractivity contribution is 6.14. The van der Waals surface area contributed by atoms with Crippen molar-refractivity contribution in [3.63, 3.8) is 0 Å². The van der Waals surface area contributed by atoms with Crippen molar-refractivity contribution in [2.24, 2.45) is 0 Å². The van der Waals surface area contributed by atoms with Crippen molar-refractivity contribution in [1.29, 1.82) is 0 Å². The van der Waals surface area contributed by atoms with E-state index >= 15 is 0 Å². The molecule has 0 unspecified atom stereocenters. The van der Waals surface area contributed by atoms with Gasteiger partial charge >= 0.3 is 0 Å². The zero-order chi connectivity index (χ0) is 15.0. The Morgan fingerprint density at radius 1 is 1.00 bits per heavy atom. The fourth-order valence-electron chi connectivity index (χ4n) is 2.42. The summed E-state index contributed by atoms with van der Waals surface area (Å²) < 4.78 is 13.4. The molecule has 0 aromatic heterocycles. The van der Waals surface area contributed by atoms with Crippen LogP contribution in [0.3, 0.4) is 0 Å². The van der Waals surface area contributed by atoms with E-state index in [1.54, 1.807) is 0 Å². The summed E-state index contributed by atoms with van der Waals surface area (Å²) in [6.07, 6.45) is 0. The topological polar surface area (TPSA) is 43.1 Å². The molecule has 2 rings (SSSR count). The van der Waals surface area contributed by atoms with E-state index in [4.69, 9.17) is 5.73 Å². The molecule has 20 heavy (non-hydrogen) atoms. The molecule has 3 heteroatoms. The molecule has 2 N–H and O–H groups in total. The Labute approximate surface area is 118 Å². The SMILES string of the molecule is Cc1cc(C)c(C)c(C(=O)c2cc(F)ccc2N)c1C. The number of carbonyl (C=O) groups excluding carboxylic acids is 1. The second kappa shape index (κ2) is 5.08. The van der Waals surface area contributed by atoms with Gasteiger partial charge in [-0.05, 0) is 68.1 Å². The lowest BCUT2D eigenvalue weighted by molar-refractivity contribution is 0.103. The molecule has 0 heterocycles. The van der Waals surface area contributed by atoms with Crippen molar-refractivity contribution in [1.82, 2.24) is 0 Å². The molecule has 0 fully saturated rings. The number of aryl methyl sites for hydroxylation is 2. The molecule has 2 nitrogen and oxygen atoms in total. The first-order chi connectivity index (χ1) is 9.32. The monoisotopic (exact) mass is 271 g/mol. The molecule has 2 aromatic rings. The maximum atomic E-state index is 13.4. The summed E-state index contributed by atoms with van der Waals surface area (Å²) in [5.41, 5.74) is 10.9. The van der Waals surface area contributed by atoms with E-state index in [1.165, 1.54) is 18.2 Å². The standard InChI is InChI=1S/C17H18FNO/c1-9-7-10(2)12(4)16(11(9)3)17(20)14-8-13(18)5-6-15(14)19/h5-8H,19H2,1-4H3. The summed E-state index contributed by atoms with van der Waals surface area (Å²) >= 11 is 0. The van der Waals surface area contributed by atoms with Crippen molar-refractivity contribution in [3.05, 3.63) is 63.5 Å². The minimum atomic E-state index is -0.456. The van der Waals surface area contributed by atoms with Gasteiger partial charge in [0.2, 0.25) is 0 Å². The van der Waals surface area contributed by atoms with Gasteiger partial charge in [0.05, 0.1) is 0 Å². The van der Waals surface area contributed by atoms with Crippen LogP contribution in [0.15, 0.2) is 24.3 Å². The van der Waals surface area contributed by atoms with Crippen LogP contribution in [0.2, 0.25) is 0 Å². The third-order valence-electron chi connectivity index (χ3n) is 3.85. The second-order valence-corrected chi connectivity index (χ2v) is 5.20. The number of halogens is 1. The van der Waals surface area contributed by atoms with Crippen molar-refractivity contribution in [2.45, 2.75) is 27.7 Å². The Morgan fingerprint density at radius 2 is 1.55 bits per heavy atom. The van der Waals surface area contributed by atoms with Gasteiger partial charge in [-0.25, -0.2) is 4.39 Å². The highest BCUT2D eigenvalue weighted by atomic mass is 19.1. The van der Waals surface area contributed by atoms with Crippen LogP contribution < -0.4 is 5.73 Å². The Bertz CT molecular complexity index is 678. The Hall–Kier alpha value is -2.16. The van der Waals surface area contributed by atoms with E-state index < -0.39 is 5.82 Å². The molecule has 0 saturated carbocycles. The molecule has 0 aliphatic heterocycles. The van der Waals surface area contributed by atoms with Crippen LogP contribution in [0.4, 0.5) is 10.1 Å². The highest BCUT2D eigenvalue weighted by Crippen LogP contribution is 2.26. The zero-order valence-electron chi connectivity index (χ0n) is 12.2. The lowest BCUT2D eigenvalue weighted by Crippen LogP contribution is -2.11. The van der Waals surface area contributed by atoms with Gasteiger partial charge in [0.1, 0.15) is 5.82 Å². The summed E-state index contributed by atoms with van der Waals surface area (Å²) in [4.78, 5) is 12.7. The predicted octanol–water partition coefficient (Wildman–Crippen LogP) is 3.87. The number of benzene rings is 2. The molecule has 0 spiro atoms. The maximum Gasteiger partial charge on any atom is 0.195 e. The minimum absolute atomic E-state index is 0.219. The normalized spacial score (nSPS) is 10.7. The minimum Gasteiger partial charge on any atom is -0.398 e. The quantitative estimate of drug-likeness (QED) is 0.665. The van der Waals surface area contributed by atoms with Crippen molar-refractivity contribution in [2.75, 3.05) is 5.73 Å². The van der Waals surface area contributed by atoms with E-state index in [2.05, 4.69) is 6.07 Å². The molecular weight excluding hydrogens is 253 g/mol. The molecular formula is C17H18FNO. The smallest absolute Gasteiger partial charge is 0.195 e. The molecule has 0 aliphatic rings. The number of anilines is 1.